The molecule has 2 atom stereocenters. The van der Waals surface area contributed by atoms with Gasteiger partial charge in [-0.15, -0.1) is 24.0 Å². The summed E-state index contributed by atoms with van der Waals surface area (Å²) < 4.78 is 16.2. The lowest BCUT2D eigenvalue weighted by Crippen LogP contribution is -2.69. The van der Waals surface area contributed by atoms with Gasteiger partial charge >= 0.3 is 0 Å². The SMILES string of the molecule is COCCN=C(NCCc1ccco1)NC1CC(C)(OC)C1(C)C.I. The van der Waals surface area contributed by atoms with E-state index in [4.69, 9.17) is 13.9 Å². The zero-order chi connectivity index (χ0) is 17.6. The molecule has 1 aliphatic rings. The predicted molar refractivity (Wildman–Crippen MR) is 111 cm³/mol. The molecule has 2 rings (SSSR count). The van der Waals surface area contributed by atoms with Crippen LogP contribution in [0.1, 0.15) is 33.0 Å². The van der Waals surface area contributed by atoms with Crippen LogP contribution < -0.4 is 10.6 Å². The first kappa shape index (κ1) is 22.2. The lowest BCUT2D eigenvalue weighted by atomic mass is 9.56. The molecule has 1 saturated carbocycles. The highest BCUT2D eigenvalue weighted by atomic mass is 127. The van der Waals surface area contributed by atoms with Gasteiger partial charge in [0.2, 0.25) is 0 Å². The minimum Gasteiger partial charge on any atom is -0.469 e. The van der Waals surface area contributed by atoms with Gasteiger partial charge in [-0.05, 0) is 25.5 Å². The molecule has 2 N–H and O–H groups in total. The zero-order valence-corrected chi connectivity index (χ0v) is 18.3. The quantitative estimate of drug-likeness (QED) is 0.268. The fraction of sp³-hybridized carbons (Fsp3) is 0.722. The molecule has 7 heteroatoms. The molecule has 0 amide bonds. The highest BCUT2D eigenvalue weighted by molar-refractivity contribution is 14.0. The third kappa shape index (κ3) is 5.34. The van der Waals surface area contributed by atoms with Gasteiger partial charge < -0.3 is 24.5 Å². The topological polar surface area (TPSA) is 68.0 Å². The molecule has 1 aliphatic carbocycles. The summed E-state index contributed by atoms with van der Waals surface area (Å²) in [5, 5.41) is 6.93. The molecule has 0 bridgehead atoms. The van der Waals surface area contributed by atoms with Crippen LogP contribution >= 0.6 is 24.0 Å². The number of hydrogen-bond acceptors (Lipinski definition) is 4. The van der Waals surface area contributed by atoms with Crippen molar-refractivity contribution in [2.24, 2.45) is 10.4 Å². The van der Waals surface area contributed by atoms with E-state index in [9.17, 15) is 0 Å². The number of nitrogens with zero attached hydrogens (tertiary/aromatic N) is 1. The Hall–Kier alpha value is -0.800. The summed E-state index contributed by atoms with van der Waals surface area (Å²) >= 11 is 0. The third-order valence-electron chi connectivity index (χ3n) is 5.40. The number of halogens is 1. The molecule has 0 aliphatic heterocycles. The normalized spacial score (nSPS) is 25.0. The minimum absolute atomic E-state index is 0. The lowest BCUT2D eigenvalue weighted by Gasteiger charge is -2.59. The summed E-state index contributed by atoms with van der Waals surface area (Å²) in [6, 6.07) is 4.21. The van der Waals surface area contributed by atoms with Gasteiger partial charge in [0.05, 0.1) is 25.0 Å². The molecule has 0 aromatic carbocycles. The summed E-state index contributed by atoms with van der Waals surface area (Å²) in [5.41, 5.74) is -0.0665. The molecule has 1 aromatic heterocycles. The van der Waals surface area contributed by atoms with Crippen molar-refractivity contribution in [3.05, 3.63) is 24.2 Å². The largest absolute Gasteiger partial charge is 0.469 e. The summed E-state index contributed by atoms with van der Waals surface area (Å²) in [6.07, 6.45) is 3.48. The van der Waals surface area contributed by atoms with Crippen molar-refractivity contribution in [3.8, 4) is 0 Å². The van der Waals surface area contributed by atoms with E-state index in [1.165, 1.54) is 0 Å². The van der Waals surface area contributed by atoms with Crippen molar-refractivity contribution in [2.75, 3.05) is 33.9 Å². The Morgan fingerprint density at radius 1 is 1.36 bits per heavy atom. The van der Waals surface area contributed by atoms with E-state index in [1.807, 2.05) is 12.1 Å². The lowest BCUT2D eigenvalue weighted by molar-refractivity contribution is -0.176. The van der Waals surface area contributed by atoms with Crippen LogP contribution in [0, 0.1) is 5.41 Å². The number of guanidine groups is 1. The molecule has 0 radical (unpaired) electrons. The fourth-order valence-corrected chi connectivity index (χ4v) is 3.05. The Morgan fingerprint density at radius 2 is 2.12 bits per heavy atom. The van der Waals surface area contributed by atoms with Crippen molar-refractivity contribution in [3.63, 3.8) is 0 Å². The van der Waals surface area contributed by atoms with E-state index in [1.54, 1.807) is 20.5 Å². The van der Waals surface area contributed by atoms with Crippen LogP contribution in [0.3, 0.4) is 0 Å². The Bertz CT molecular complexity index is 534. The summed E-state index contributed by atoms with van der Waals surface area (Å²) in [7, 11) is 3.47. The van der Waals surface area contributed by atoms with Gasteiger partial charge in [0.1, 0.15) is 5.76 Å². The predicted octanol–water partition coefficient (Wildman–Crippen LogP) is 2.83. The summed E-state index contributed by atoms with van der Waals surface area (Å²) in [4.78, 5) is 4.59. The Morgan fingerprint density at radius 3 is 2.68 bits per heavy atom. The number of furan rings is 1. The van der Waals surface area contributed by atoms with Gasteiger partial charge in [0.25, 0.3) is 0 Å². The van der Waals surface area contributed by atoms with E-state index >= 15 is 0 Å². The summed E-state index contributed by atoms with van der Waals surface area (Å²) in [5.74, 6) is 1.78. The molecule has 1 heterocycles. The van der Waals surface area contributed by atoms with Gasteiger partial charge in [-0.25, -0.2) is 0 Å². The first-order chi connectivity index (χ1) is 11.4. The number of rotatable bonds is 8. The van der Waals surface area contributed by atoms with E-state index in [2.05, 4.69) is 36.4 Å². The number of methoxy groups -OCH3 is 2. The number of ether oxygens (including phenoxy) is 2. The van der Waals surface area contributed by atoms with Crippen LogP contribution in [0.2, 0.25) is 0 Å². The van der Waals surface area contributed by atoms with E-state index in [0.29, 0.717) is 19.2 Å². The molecule has 2 unspecified atom stereocenters. The first-order valence-corrected chi connectivity index (χ1v) is 8.54. The van der Waals surface area contributed by atoms with Crippen molar-refractivity contribution in [1.29, 1.82) is 0 Å². The molecule has 0 saturated heterocycles. The smallest absolute Gasteiger partial charge is 0.191 e. The molecule has 0 spiro atoms. The Balaban J connectivity index is 0.00000312. The van der Waals surface area contributed by atoms with Crippen LogP contribution in [0.25, 0.3) is 0 Å². The molecule has 6 nitrogen and oxygen atoms in total. The maximum atomic E-state index is 5.70. The van der Waals surface area contributed by atoms with Gasteiger partial charge in [-0.3, -0.25) is 4.99 Å². The fourth-order valence-electron chi connectivity index (χ4n) is 3.05. The van der Waals surface area contributed by atoms with Gasteiger partial charge in [0, 0.05) is 38.6 Å². The number of aliphatic imine (C=N–C) groups is 1. The summed E-state index contributed by atoms with van der Waals surface area (Å²) in [6.45, 7) is 8.62. The molecular formula is C18H32IN3O3. The van der Waals surface area contributed by atoms with E-state index in [-0.39, 0.29) is 35.0 Å². The van der Waals surface area contributed by atoms with Crippen LogP contribution in [0.4, 0.5) is 0 Å². The van der Waals surface area contributed by atoms with Gasteiger partial charge in [-0.1, -0.05) is 13.8 Å². The van der Waals surface area contributed by atoms with Gasteiger partial charge in [-0.2, -0.15) is 0 Å². The monoisotopic (exact) mass is 465 g/mol. The third-order valence-corrected chi connectivity index (χ3v) is 5.40. The second-order valence-corrected chi connectivity index (χ2v) is 7.04. The number of nitrogens with one attached hydrogen (secondary N) is 2. The average Bonchev–Trinajstić information content (AvgIpc) is 3.07. The minimum atomic E-state index is -0.101. The van der Waals surface area contributed by atoms with Crippen molar-refractivity contribution >= 4 is 29.9 Å². The first-order valence-electron chi connectivity index (χ1n) is 8.54. The maximum absolute atomic E-state index is 5.70. The molecule has 1 aromatic rings. The highest BCUT2D eigenvalue weighted by Gasteiger charge is 2.58. The second kappa shape index (κ2) is 9.78. The number of hydrogen-bond donors (Lipinski definition) is 2. The van der Waals surface area contributed by atoms with Crippen LogP contribution in [-0.4, -0.2) is 51.5 Å². The Labute approximate surface area is 168 Å². The Kier molecular flexibility index (Phi) is 8.70. The average molecular weight is 465 g/mol. The van der Waals surface area contributed by atoms with Crippen molar-refractivity contribution < 1.29 is 13.9 Å². The second-order valence-electron chi connectivity index (χ2n) is 7.04. The standard InChI is InChI=1S/C18H31N3O3.HI/c1-17(2)15(13-18(17,3)23-5)21-16(20-10-12-22-4)19-9-8-14-7-6-11-24-14;/h6-7,11,15H,8-10,12-13H2,1-5H3,(H2,19,20,21);1H. The highest BCUT2D eigenvalue weighted by Crippen LogP contribution is 2.51. The van der Waals surface area contributed by atoms with Crippen molar-refractivity contribution in [1.82, 2.24) is 10.6 Å². The molecule has 1 fully saturated rings. The van der Waals surface area contributed by atoms with E-state index < -0.39 is 0 Å². The molecule has 25 heavy (non-hydrogen) atoms. The van der Waals surface area contributed by atoms with Gasteiger partial charge in [0.15, 0.2) is 5.96 Å². The molecule has 144 valence electrons. The zero-order valence-electron chi connectivity index (χ0n) is 15.9. The van der Waals surface area contributed by atoms with Crippen LogP contribution in [0.5, 0.6) is 0 Å². The maximum Gasteiger partial charge on any atom is 0.191 e. The van der Waals surface area contributed by atoms with Crippen LogP contribution in [0.15, 0.2) is 27.8 Å². The van der Waals surface area contributed by atoms with Crippen LogP contribution in [-0.2, 0) is 15.9 Å². The van der Waals surface area contributed by atoms with E-state index in [0.717, 1.165) is 31.1 Å². The molecular weight excluding hydrogens is 433 g/mol. The van der Waals surface area contributed by atoms with Crippen molar-refractivity contribution in [2.45, 2.75) is 45.3 Å².